The highest BCUT2D eigenvalue weighted by molar-refractivity contribution is 6.04. The van der Waals surface area contributed by atoms with Crippen LogP contribution in [0.15, 0.2) is 109 Å². The minimum Gasteiger partial charge on any atom is -0.255 e. The van der Waals surface area contributed by atoms with Crippen molar-refractivity contribution < 1.29 is 0 Å². The van der Waals surface area contributed by atoms with Gasteiger partial charge >= 0.3 is 0 Å². The molecule has 3 aromatic carbocycles. The van der Waals surface area contributed by atoms with Crippen molar-refractivity contribution in [1.29, 1.82) is 0 Å². The molecule has 0 aliphatic heterocycles. The molecule has 4 aromatic heterocycles. The smallest absolute Gasteiger partial charge is 0.113 e. The number of rotatable bonds is 3. The Labute approximate surface area is 200 Å². The van der Waals surface area contributed by atoms with E-state index < -0.39 is 0 Å². The van der Waals surface area contributed by atoms with E-state index in [2.05, 4.69) is 51.6 Å². The molecule has 0 saturated carbocycles. The minimum atomic E-state index is 0.835. The lowest BCUT2D eigenvalue weighted by Crippen LogP contribution is -1.98. The van der Waals surface area contributed by atoms with E-state index in [4.69, 9.17) is 9.97 Å². The monoisotopic (exact) mass is 450 g/mol. The summed E-state index contributed by atoms with van der Waals surface area (Å²) in [5.74, 6) is 0. The third kappa shape index (κ3) is 3.40. The highest BCUT2D eigenvalue weighted by Crippen LogP contribution is 2.28. The van der Waals surface area contributed by atoms with Crippen LogP contribution in [-0.2, 0) is 0 Å². The van der Waals surface area contributed by atoms with E-state index in [-0.39, 0.29) is 0 Å². The lowest BCUT2D eigenvalue weighted by atomic mass is 10.1. The van der Waals surface area contributed by atoms with Crippen molar-refractivity contribution in [1.82, 2.24) is 29.9 Å². The summed E-state index contributed by atoms with van der Waals surface area (Å²) < 4.78 is 0. The van der Waals surface area contributed by atoms with Gasteiger partial charge in [-0.2, -0.15) is 4.80 Å². The zero-order chi connectivity index (χ0) is 23.2. The molecule has 0 saturated heterocycles. The Bertz CT molecular complexity index is 1810. The van der Waals surface area contributed by atoms with Crippen molar-refractivity contribution in [2.24, 2.45) is 0 Å². The van der Waals surface area contributed by atoms with E-state index >= 15 is 0 Å². The number of nitrogens with zero attached hydrogens (tertiary/aromatic N) is 6. The van der Waals surface area contributed by atoms with Gasteiger partial charge in [0.15, 0.2) is 0 Å². The fourth-order valence-electron chi connectivity index (χ4n) is 4.33. The fourth-order valence-corrected chi connectivity index (χ4v) is 4.33. The second kappa shape index (κ2) is 7.81. The maximum Gasteiger partial charge on any atom is 0.113 e. The first-order valence-electron chi connectivity index (χ1n) is 11.4. The van der Waals surface area contributed by atoms with E-state index in [9.17, 15) is 0 Å². The Morgan fingerprint density at radius 2 is 1.09 bits per heavy atom. The van der Waals surface area contributed by atoms with Gasteiger partial charge in [-0.3, -0.25) is 4.98 Å². The molecule has 0 radical (unpaired) electrons. The maximum atomic E-state index is 5.02. The van der Waals surface area contributed by atoms with Crippen LogP contribution in [0.25, 0.3) is 61.2 Å². The van der Waals surface area contributed by atoms with Crippen LogP contribution < -0.4 is 0 Å². The van der Waals surface area contributed by atoms with Gasteiger partial charge in [0, 0.05) is 22.5 Å². The standard InChI is InChI=1S/C29H18N6/c1-2-7-27-26(6-1)33-35(34-27)22-14-10-19(11-15-22)23-16-12-20-8-9-21-13-17-25(24-5-3-4-18-30-24)32-29(21)28(20)31-23/h1-18H. The number of hydrogen-bond donors (Lipinski definition) is 0. The SMILES string of the molecule is c1ccc(-c2ccc3ccc4ccc(-c5ccc(-n6nc7ccccc7n6)cc5)nc4c3n2)nc1. The van der Waals surface area contributed by atoms with Crippen LogP contribution in [0.5, 0.6) is 0 Å². The molecular weight excluding hydrogens is 432 g/mol. The minimum absolute atomic E-state index is 0.835. The molecule has 0 bridgehead atoms. The summed E-state index contributed by atoms with van der Waals surface area (Å²) in [7, 11) is 0. The number of benzene rings is 3. The first kappa shape index (κ1) is 19.5. The Kier molecular flexibility index (Phi) is 4.35. The van der Waals surface area contributed by atoms with Gasteiger partial charge in [-0.25, -0.2) is 9.97 Å². The predicted molar refractivity (Wildman–Crippen MR) is 138 cm³/mol. The molecular formula is C29H18N6. The average Bonchev–Trinajstić information content (AvgIpc) is 3.37. The van der Waals surface area contributed by atoms with Gasteiger partial charge in [-0.1, -0.05) is 54.6 Å². The quantitative estimate of drug-likeness (QED) is 0.298. The van der Waals surface area contributed by atoms with E-state index in [1.807, 2.05) is 66.7 Å². The number of hydrogen-bond acceptors (Lipinski definition) is 5. The zero-order valence-corrected chi connectivity index (χ0v) is 18.6. The van der Waals surface area contributed by atoms with Gasteiger partial charge < -0.3 is 0 Å². The van der Waals surface area contributed by atoms with Crippen molar-refractivity contribution in [3.63, 3.8) is 0 Å². The van der Waals surface area contributed by atoms with E-state index in [0.717, 1.165) is 61.2 Å². The van der Waals surface area contributed by atoms with Gasteiger partial charge in [0.1, 0.15) is 11.0 Å². The number of fused-ring (bicyclic) bond motifs is 4. The molecule has 0 unspecified atom stereocenters. The number of pyridine rings is 3. The first-order valence-corrected chi connectivity index (χ1v) is 11.4. The predicted octanol–water partition coefficient (Wildman–Crippen LogP) is 6.25. The highest BCUT2D eigenvalue weighted by atomic mass is 15.5. The first-order chi connectivity index (χ1) is 17.3. The normalized spacial score (nSPS) is 11.4. The third-order valence-corrected chi connectivity index (χ3v) is 6.13. The molecule has 4 heterocycles. The van der Waals surface area contributed by atoms with Crippen LogP contribution >= 0.6 is 0 Å². The van der Waals surface area contributed by atoms with Crippen LogP contribution in [0.2, 0.25) is 0 Å². The lowest BCUT2D eigenvalue weighted by molar-refractivity contribution is 0.766. The van der Waals surface area contributed by atoms with E-state index in [1.54, 1.807) is 11.0 Å². The molecule has 6 heteroatoms. The zero-order valence-electron chi connectivity index (χ0n) is 18.6. The van der Waals surface area contributed by atoms with Gasteiger partial charge in [0.25, 0.3) is 0 Å². The molecule has 164 valence electrons. The molecule has 0 N–H and O–H groups in total. The fraction of sp³-hybridized carbons (Fsp3) is 0. The Morgan fingerprint density at radius 3 is 1.74 bits per heavy atom. The Morgan fingerprint density at radius 1 is 0.486 bits per heavy atom. The van der Waals surface area contributed by atoms with E-state index in [0.29, 0.717) is 0 Å². The second-order valence-corrected chi connectivity index (χ2v) is 8.34. The topological polar surface area (TPSA) is 69.4 Å². The van der Waals surface area contributed by atoms with Crippen LogP contribution in [0, 0.1) is 0 Å². The molecule has 0 aliphatic carbocycles. The van der Waals surface area contributed by atoms with Crippen LogP contribution in [0.1, 0.15) is 0 Å². The van der Waals surface area contributed by atoms with Gasteiger partial charge in [0.2, 0.25) is 0 Å². The molecule has 35 heavy (non-hydrogen) atoms. The molecule has 0 spiro atoms. The van der Waals surface area contributed by atoms with Crippen molar-refractivity contribution >= 4 is 32.8 Å². The third-order valence-electron chi connectivity index (χ3n) is 6.13. The highest BCUT2D eigenvalue weighted by Gasteiger charge is 2.10. The van der Waals surface area contributed by atoms with E-state index in [1.165, 1.54) is 0 Å². The summed E-state index contributed by atoms with van der Waals surface area (Å²) in [4.78, 5) is 16.1. The second-order valence-electron chi connectivity index (χ2n) is 8.34. The van der Waals surface area contributed by atoms with Crippen molar-refractivity contribution in [3.8, 4) is 28.3 Å². The van der Waals surface area contributed by atoms with Crippen molar-refractivity contribution in [2.45, 2.75) is 0 Å². The average molecular weight is 451 g/mol. The molecule has 7 aromatic rings. The number of aromatic nitrogens is 6. The maximum absolute atomic E-state index is 5.02. The van der Waals surface area contributed by atoms with Gasteiger partial charge in [0.05, 0.1) is 33.8 Å². The van der Waals surface area contributed by atoms with Gasteiger partial charge in [-0.05, 0) is 48.5 Å². The summed E-state index contributed by atoms with van der Waals surface area (Å²) in [5, 5.41) is 11.2. The van der Waals surface area contributed by atoms with Gasteiger partial charge in [-0.15, -0.1) is 10.2 Å². The summed E-state index contributed by atoms with van der Waals surface area (Å²) >= 11 is 0. The summed E-state index contributed by atoms with van der Waals surface area (Å²) in [5.41, 5.74) is 7.98. The largest absolute Gasteiger partial charge is 0.255 e. The van der Waals surface area contributed by atoms with Crippen molar-refractivity contribution in [3.05, 3.63) is 109 Å². The molecule has 0 atom stereocenters. The molecule has 0 amide bonds. The Balaban J connectivity index is 1.31. The van der Waals surface area contributed by atoms with Crippen LogP contribution in [0.4, 0.5) is 0 Å². The van der Waals surface area contributed by atoms with Crippen molar-refractivity contribution in [2.75, 3.05) is 0 Å². The molecule has 0 aliphatic rings. The lowest BCUT2D eigenvalue weighted by Gasteiger charge is -2.08. The molecule has 0 fully saturated rings. The summed E-state index contributed by atoms with van der Waals surface area (Å²) in [6.07, 6.45) is 1.78. The summed E-state index contributed by atoms with van der Waals surface area (Å²) in [6.45, 7) is 0. The Hall–Kier alpha value is -4.97. The van der Waals surface area contributed by atoms with Crippen LogP contribution in [-0.4, -0.2) is 29.9 Å². The molecule has 7 rings (SSSR count). The van der Waals surface area contributed by atoms with Crippen LogP contribution in [0.3, 0.4) is 0 Å². The molecule has 6 nitrogen and oxygen atoms in total. The summed E-state index contributed by atoms with van der Waals surface area (Å²) in [6, 6.07) is 34.2.